The predicted molar refractivity (Wildman–Crippen MR) is 92.6 cm³/mol. The van der Waals surface area contributed by atoms with Crippen LogP contribution in [0.5, 0.6) is 0 Å². The van der Waals surface area contributed by atoms with Crippen molar-refractivity contribution in [2.24, 2.45) is 0 Å². The molecular weight excluding hydrogens is 317 g/mol. The summed E-state index contributed by atoms with van der Waals surface area (Å²) in [6, 6.07) is 14.0. The lowest BCUT2D eigenvalue weighted by molar-refractivity contribution is -0.103. The normalized spacial score (nSPS) is 19.4. The Kier molecular flexibility index (Phi) is 4.35. The number of fused-ring (bicyclic) bond motifs is 1. The maximum Gasteiger partial charge on any atom is 0.155 e. The first kappa shape index (κ1) is 15.7. The highest BCUT2D eigenvalue weighted by Gasteiger charge is 2.39. The molecule has 116 valence electrons. The molecule has 2 aromatic rings. The van der Waals surface area contributed by atoms with Gasteiger partial charge < -0.3 is 10.1 Å². The standard InChI is InChI=1S/C18H19Cl2NO/c1-3-18(4-2)13-7-5-6-8-16(13)21-17(22-18)12-9-10-14(19)15(20)11-12/h5-11,17,21H,3-4H2,1-2H3/t17-/m1/s1. The first-order chi connectivity index (χ1) is 10.6. The molecule has 1 N–H and O–H groups in total. The van der Waals surface area contributed by atoms with E-state index >= 15 is 0 Å². The fourth-order valence-electron chi connectivity index (χ4n) is 3.09. The van der Waals surface area contributed by atoms with E-state index in [1.807, 2.05) is 24.3 Å². The second-order valence-electron chi connectivity index (χ2n) is 5.56. The third-order valence-corrected chi connectivity index (χ3v) is 5.18. The van der Waals surface area contributed by atoms with Gasteiger partial charge in [0.25, 0.3) is 0 Å². The van der Waals surface area contributed by atoms with Gasteiger partial charge in [0.1, 0.15) is 0 Å². The van der Waals surface area contributed by atoms with Crippen molar-refractivity contribution in [2.45, 2.75) is 38.5 Å². The van der Waals surface area contributed by atoms with Gasteiger partial charge in [-0.3, -0.25) is 0 Å². The molecule has 1 atom stereocenters. The van der Waals surface area contributed by atoms with Gasteiger partial charge in [0.2, 0.25) is 0 Å². The van der Waals surface area contributed by atoms with Gasteiger partial charge in [-0.05, 0) is 31.0 Å². The molecule has 0 saturated carbocycles. The molecule has 0 fully saturated rings. The lowest BCUT2D eigenvalue weighted by atomic mass is 9.85. The molecule has 0 amide bonds. The number of para-hydroxylation sites is 1. The van der Waals surface area contributed by atoms with Gasteiger partial charge in [-0.15, -0.1) is 0 Å². The Labute approximate surface area is 141 Å². The SMILES string of the molecule is CCC1(CC)O[C@H](c2ccc(Cl)c(Cl)c2)Nc2ccccc21. The molecule has 2 aromatic carbocycles. The molecule has 22 heavy (non-hydrogen) atoms. The molecule has 0 spiro atoms. The number of hydrogen-bond donors (Lipinski definition) is 1. The van der Waals surface area contributed by atoms with E-state index in [4.69, 9.17) is 27.9 Å². The Hall–Kier alpha value is -1.22. The van der Waals surface area contributed by atoms with Crippen LogP contribution in [0.2, 0.25) is 10.0 Å². The van der Waals surface area contributed by atoms with Gasteiger partial charge >= 0.3 is 0 Å². The number of hydrogen-bond acceptors (Lipinski definition) is 2. The summed E-state index contributed by atoms with van der Waals surface area (Å²) in [6.07, 6.45) is 1.60. The third-order valence-electron chi connectivity index (χ3n) is 4.44. The average Bonchev–Trinajstić information content (AvgIpc) is 2.56. The fourth-order valence-corrected chi connectivity index (χ4v) is 3.40. The van der Waals surface area contributed by atoms with Gasteiger partial charge in [-0.1, -0.05) is 61.3 Å². The summed E-state index contributed by atoms with van der Waals surface area (Å²) in [5, 5.41) is 4.56. The fraction of sp³-hybridized carbons (Fsp3) is 0.333. The van der Waals surface area contributed by atoms with Crippen molar-refractivity contribution in [3.05, 3.63) is 63.6 Å². The quantitative estimate of drug-likeness (QED) is 0.726. The van der Waals surface area contributed by atoms with Crippen LogP contribution < -0.4 is 5.32 Å². The van der Waals surface area contributed by atoms with Gasteiger partial charge in [0, 0.05) is 16.8 Å². The van der Waals surface area contributed by atoms with Crippen LogP contribution in [0.1, 0.15) is 44.0 Å². The van der Waals surface area contributed by atoms with E-state index in [0.29, 0.717) is 10.0 Å². The predicted octanol–water partition coefficient (Wildman–Crippen LogP) is 6.15. The molecule has 4 heteroatoms. The molecule has 0 bridgehead atoms. The summed E-state index contributed by atoms with van der Waals surface area (Å²) in [5.74, 6) is 0. The third kappa shape index (κ3) is 2.60. The highest BCUT2D eigenvalue weighted by molar-refractivity contribution is 6.42. The zero-order valence-corrected chi connectivity index (χ0v) is 14.2. The van der Waals surface area contributed by atoms with Crippen molar-refractivity contribution >= 4 is 28.9 Å². The van der Waals surface area contributed by atoms with Gasteiger partial charge in [-0.25, -0.2) is 0 Å². The Morgan fingerprint density at radius 1 is 1.05 bits per heavy atom. The lowest BCUT2D eigenvalue weighted by Crippen LogP contribution is -2.37. The van der Waals surface area contributed by atoms with E-state index in [2.05, 4.69) is 37.4 Å². The molecule has 0 saturated heterocycles. The van der Waals surface area contributed by atoms with E-state index in [9.17, 15) is 0 Å². The van der Waals surface area contributed by atoms with Crippen molar-refractivity contribution < 1.29 is 4.74 Å². The molecule has 0 aliphatic carbocycles. The molecule has 0 aromatic heterocycles. The van der Waals surface area contributed by atoms with Crippen LogP contribution in [0.3, 0.4) is 0 Å². The van der Waals surface area contributed by atoms with Crippen molar-refractivity contribution in [1.29, 1.82) is 0 Å². The van der Waals surface area contributed by atoms with Gasteiger partial charge in [0.15, 0.2) is 6.23 Å². The van der Waals surface area contributed by atoms with Crippen molar-refractivity contribution in [3.63, 3.8) is 0 Å². The van der Waals surface area contributed by atoms with E-state index in [1.165, 1.54) is 5.56 Å². The number of nitrogens with one attached hydrogen (secondary N) is 1. The smallest absolute Gasteiger partial charge is 0.155 e. The Bertz CT molecular complexity index is 683. The van der Waals surface area contributed by atoms with E-state index in [-0.39, 0.29) is 11.8 Å². The minimum atomic E-state index is -0.279. The maximum absolute atomic E-state index is 6.47. The van der Waals surface area contributed by atoms with E-state index < -0.39 is 0 Å². The second kappa shape index (κ2) is 6.11. The summed E-state index contributed by atoms with van der Waals surface area (Å²) < 4.78 is 6.47. The van der Waals surface area contributed by atoms with Crippen molar-refractivity contribution in [1.82, 2.24) is 0 Å². The van der Waals surface area contributed by atoms with Crippen LogP contribution in [0.4, 0.5) is 5.69 Å². The summed E-state index contributed by atoms with van der Waals surface area (Å²) in [7, 11) is 0. The zero-order valence-electron chi connectivity index (χ0n) is 12.7. The Balaban J connectivity index is 2.04. The van der Waals surface area contributed by atoms with Crippen LogP contribution in [0, 0.1) is 0 Å². The second-order valence-corrected chi connectivity index (χ2v) is 6.38. The number of ether oxygens (including phenoxy) is 1. The topological polar surface area (TPSA) is 21.3 Å². The summed E-state index contributed by atoms with van der Waals surface area (Å²) in [4.78, 5) is 0. The Morgan fingerprint density at radius 2 is 1.77 bits per heavy atom. The number of anilines is 1. The highest BCUT2D eigenvalue weighted by Crippen LogP contribution is 2.46. The van der Waals surface area contributed by atoms with E-state index in [0.717, 1.165) is 24.1 Å². The average molecular weight is 336 g/mol. The number of rotatable bonds is 3. The van der Waals surface area contributed by atoms with Crippen LogP contribution in [0.25, 0.3) is 0 Å². The van der Waals surface area contributed by atoms with Crippen molar-refractivity contribution in [2.75, 3.05) is 5.32 Å². The van der Waals surface area contributed by atoms with Crippen molar-refractivity contribution in [3.8, 4) is 0 Å². The van der Waals surface area contributed by atoms with E-state index in [1.54, 1.807) is 0 Å². The molecule has 1 heterocycles. The minimum absolute atomic E-state index is 0.232. The molecule has 0 unspecified atom stereocenters. The summed E-state index contributed by atoms with van der Waals surface area (Å²) in [6.45, 7) is 4.33. The number of benzene rings is 2. The van der Waals surface area contributed by atoms with Crippen LogP contribution in [-0.2, 0) is 10.3 Å². The Morgan fingerprint density at radius 3 is 2.45 bits per heavy atom. The first-order valence-corrected chi connectivity index (χ1v) is 8.34. The summed E-state index contributed by atoms with van der Waals surface area (Å²) >= 11 is 12.2. The molecule has 3 rings (SSSR count). The van der Waals surface area contributed by atoms with Gasteiger partial charge in [0.05, 0.1) is 15.6 Å². The molecule has 0 radical (unpaired) electrons. The lowest BCUT2D eigenvalue weighted by Gasteiger charge is -2.43. The molecule has 1 aliphatic heterocycles. The minimum Gasteiger partial charge on any atom is -0.356 e. The largest absolute Gasteiger partial charge is 0.356 e. The highest BCUT2D eigenvalue weighted by atomic mass is 35.5. The van der Waals surface area contributed by atoms with Crippen LogP contribution in [-0.4, -0.2) is 0 Å². The monoisotopic (exact) mass is 335 g/mol. The summed E-state index contributed by atoms with van der Waals surface area (Å²) in [5.41, 5.74) is 3.04. The number of halogens is 2. The van der Waals surface area contributed by atoms with Crippen LogP contribution >= 0.6 is 23.2 Å². The first-order valence-electron chi connectivity index (χ1n) is 7.58. The van der Waals surface area contributed by atoms with Gasteiger partial charge in [-0.2, -0.15) is 0 Å². The molecular formula is C18H19Cl2NO. The molecule has 1 aliphatic rings. The molecule has 2 nitrogen and oxygen atoms in total. The zero-order chi connectivity index (χ0) is 15.7. The van der Waals surface area contributed by atoms with Crippen LogP contribution in [0.15, 0.2) is 42.5 Å². The maximum atomic E-state index is 6.47.